The standard InChI is InChI=1S/C16H22N2S/c1-11-7-8-18(10-14(11)17)12(2)16-9-13-5-3-4-6-15(13)19-16/h3-6,9,11-12,14H,7-8,10,17H2,1-2H3. The molecule has 1 fully saturated rings. The fraction of sp³-hybridized carbons (Fsp3) is 0.500. The number of likely N-dealkylation sites (tertiary alicyclic amines) is 1. The lowest BCUT2D eigenvalue weighted by Gasteiger charge is -2.38. The van der Waals surface area contributed by atoms with Crippen LogP contribution < -0.4 is 5.73 Å². The fourth-order valence-electron chi connectivity index (χ4n) is 2.87. The van der Waals surface area contributed by atoms with Gasteiger partial charge in [-0.3, -0.25) is 4.90 Å². The monoisotopic (exact) mass is 274 g/mol. The Morgan fingerprint density at radius 1 is 1.37 bits per heavy atom. The maximum Gasteiger partial charge on any atom is 0.0414 e. The lowest BCUT2D eigenvalue weighted by Crippen LogP contribution is -2.48. The molecule has 1 aromatic carbocycles. The van der Waals surface area contributed by atoms with Crippen LogP contribution in [0, 0.1) is 5.92 Å². The average molecular weight is 274 g/mol. The van der Waals surface area contributed by atoms with E-state index in [2.05, 4.69) is 49.1 Å². The van der Waals surface area contributed by atoms with Crippen molar-refractivity contribution in [2.24, 2.45) is 11.7 Å². The highest BCUT2D eigenvalue weighted by molar-refractivity contribution is 7.19. The Labute approximate surface area is 119 Å². The van der Waals surface area contributed by atoms with Crippen molar-refractivity contribution >= 4 is 21.4 Å². The van der Waals surface area contributed by atoms with E-state index in [0.29, 0.717) is 18.0 Å². The number of fused-ring (bicyclic) bond motifs is 1. The molecule has 1 aromatic heterocycles. The number of hydrogen-bond acceptors (Lipinski definition) is 3. The molecule has 1 saturated heterocycles. The number of piperidine rings is 1. The average Bonchev–Trinajstić information content (AvgIpc) is 2.85. The number of nitrogens with two attached hydrogens (primary N) is 1. The molecule has 3 rings (SSSR count). The van der Waals surface area contributed by atoms with Crippen LogP contribution >= 0.6 is 11.3 Å². The number of nitrogens with zero attached hydrogens (tertiary/aromatic N) is 1. The first kappa shape index (κ1) is 13.1. The van der Waals surface area contributed by atoms with Crippen LogP contribution in [0.1, 0.15) is 31.2 Å². The zero-order valence-electron chi connectivity index (χ0n) is 11.7. The summed E-state index contributed by atoms with van der Waals surface area (Å²) < 4.78 is 1.39. The molecule has 2 N–H and O–H groups in total. The first-order valence-electron chi connectivity index (χ1n) is 7.13. The molecule has 0 spiro atoms. The zero-order valence-corrected chi connectivity index (χ0v) is 12.5. The Balaban J connectivity index is 1.81. The van der Waals surface area contributed by atoms with Crippen molar-refractivity contribution in [1.29, 1.82) is 0 Å². The van der Waals surface area contributed by atoms with Gasteiger partial charge in [-0.05, 0) is 43.3 Å². The maximum absolute atomic E-state index is 6.22. The van der Waals surface area contributed by atoms with Crippen molar-refractivity contribution in [3.8, 4) is 0 Å². The molecule has 3 heteroatoms. The van der Waals surface area contributed by atoms with Gasteiger partial charge in [-0.25, -0.2) is 0 Å². The summed E-state index contributed by atoms with van der Waals surface area (Å²) in [7, 11) is 0. The molecule has 102 valence electrons. The van der Waals surface area contributed by atoms with Gasteiger partial charge in [-0.1, -0.05) is 25.1 Å². The summed E-state index contributed by atoms with van der Waals surface area (Å²) in [5.74, 6) is 0.658. The normalized spacial score (nSPS) is 26.7. The summed E-state index contributed by atoms with van der Waals surface area (Å²) in [6.45, 7) is 6.78. The van der Waals surface area contributed by atoms with Crippen LogP contribution in [0.15, 0.2) is 30.3 Å². The molecule has 3 unspecified atom stereocenters. The minimum Gasteiger partial charge on any atom is -0.326 e. The molecule has 0 bridgehead atoms. The van der Waals surface area contributed by atoms with Crippen LogP contribution in [0.2, 0.25) is 0 Å². The smallest absolute Gasteiger partial charge is 0.0414 e. The van der Waals surface area contributed by atoms with E-state index in [1.165, 1.54) is 27.9 Å². The van der Waals surface area contributed by atoms with E-state index in [9.17, 15) is 0 Å². The molecule has 0 radical (unpaired) electrons. The summed E-state index contributed by atoms with van der Waals surface area (Å²) >= 11 is 1.92. The quantitative estimate of drug-likeness (QED) is 0.906. The molecular formula is C16H22N2S. The van der Waals surface area contributed by atoms with Gasteiger partial charge in [-0.2, -0.15) is 0 Å². The van der Waals surface area contributed by atoms with E-state index in [1.807, 2.05) is 11.3 Å². The Morgan fingerprint density at radius 2 is 2.16 bits per heavy atom. The number of benzene rings is 1. The second-order valence-electron chi connectivity index (χ2n) is 5.79. The lowest BCUT2D eigenvalue weighted by atomic mass is 9.93. The largest absolute Gasteiger partial charge is 0.326 e. The second kappa shape index (κ2) is 5.23. The van der Waals surface area contributed by atoms with Crippen LogP contribution in [0.4, 0.5) is 0 Å². The predicted molar refractivity (Wildman–Crippen MR) is 83.6 cm³/mol. The van der Waals surface area contributed by atoms with E-state index < -0.39 is 0 Å². The summed E-state index contributed by atoms with van der Waals surface area (Å²) in [5.41, 5.74) is 6.22. The maximum atomic E-state index is 6.22. The molecule has 3 atom stereocenters. The van der Waals surface area contributed by atoms with Crippen LogP contribution in [-0.4, -0.2) is 24.0 Å². The fourth-order valence-corrected chi connectivity index (χ4v) is 4.02. The molecule has 2 aromatic rings. The third kappa shape index (κ3) is 2.55. The molecule has 19 heavy (non-hydrogen) atoms. The van der Waals surface area contributed by atoms with Crippen molar-refractivity contribution in [3.05, 3.63) is 35.2 Å². The van der Waals surface area contributed by atoms with Crippen LogP contribution in [0.25, 0.3) is 10.1 Å². The Morgan fingerprint density at radius 3 is 2.89 bits per heavy atom. The van der Waals surface area contributed by atoms with Gasteiger partial charge >= 0.3 is 0 Å². The van der Waals surface area contributed by atoms with Crippen LogP contribution in [0.5, 0.6) is 0 Å². The van der Waals surface area contributed by atoms with Gasteiger partial charge in [0.2, 0.25) is 0 Å². The van der Waals surface area contributed by atoms with E-state index >= 15 is 0 Å². The van der Waals surface area contributed by atoms with Gasteiger partial charge in [0, 0.05) is 28.2 Å². The minimum atomic E-state index is 0.325. The van der Waals surface area contributed by atoms with Crippen molar-refractivity contribution in [3.63, 3.8) is 0 Å². The molecular weight excluding hydrogens is 252 g/mol. The van der Waals surface area contributed by atoms with Gasteiger partial charge in [-0.15, -0.1) is 11.3 Å². The molecule has 0 aliphatic carbocycles. The van der Waals surface area contributed by atoms with Crippen molar-refractivity contribution in [2.45, 2.75) is 32.4 Å². The third-order valence-corrected chi connectivity index (χ3v) is 5.74. The Bertz CT molecular complexity index is 530. The second-order valence-corrected chi connectivity index (χ2v) is 6.90. The van der Waals surface area contributed by atoms with Crippen molar-refractivity contribution in [2.75, 3.05) is 13.1 Å². The van der Waals surface area contributed by atoms with E-state index in [1.54, 1.807) is 0 Å². The van der Waals surface area contributed by atoms with Gasteiger partial charge in [0.1, 0.15) is 0 Å². The van der Waals surface area contributed by atoms with Crippen molar-refractivity contribution < 1.29 is 0 Å². The van der Waals surface area contributed by atoms with Gasteiger partial charge in [0.05, 0.1) is 0 Å². The summed E-state index contributed by atoms with van der Waals surface area (Å²) in [6.07, 6.45) is 1.22. The minimum absolute atomic E-state index is 0.325. The first-order valence-corrected chi connectivity index (χ1v) is 7.95. The summed E-state index contributed by atoms with van der Waals surface area (Å²) in [6, 6.07) is 11.8. The number of rotatable bonds is 2. The molecule has 1 aliphatic heterocycles. The Kier molecular flexibility index (Phi) is 3.61. The highest BCUT2D eigenvalue weighted by Gasteiger charge is 2.27. The van der Waals surface area contributed by atoms with E-state index in [4.69, 9.17) is 5.73 Å². The molecule has 0 saturated carbocycles. The Hall–Kier alpha value is -0.900. The lowest BCUT2D eigenvalue weighted by molar-refractivity contribution is 0.130. The van der Waals surface area contributed by atoms with Crippen molar-refractivity contribution in [1.82, 2.24) is 4.90 Å². The third-order valence-electron chi connectivity index (χ3n) is 4.45. The number of hydrogen-bond donors (Lipinski definition) is 1. The van der Waals surface area contributed by atoms with Gasteiger partial charge < -0.3 is 5.73 Å². The molecule has 2 heterocycles. The summed E-state index contributed by atoms with van der Waals surface area (Å²) in [4.78, 5) is 4.00. The molecule has 0 amide bonds. The molecule has 1 aliphatic rings. The highest BCUT2D eigenvalue weighted by Crippen LogP contribution is 2.34. The number of thiophene rings is 1. The first-order chi connectivity index (χ1) is 9.15. The van der Waals surface area contributed by atoms with Crippen LogP contribution in [0.3, 0.4) is 0 Å². The topological polar surface area (TPSA) is 29.3 Å². The van der Waals surface area contributed by atoms with Gasteiger partial charge in [0.25, 0.3) is 0 Å². The predicted octanol–water partition coefficient (Wildman–Crippen LogP) is 3.63. The molecule has 2 nitrogen and oxygen atoms in total. The van der Waals surface area contributed by atoms with Gasteiger partial charge in [0.15, 0.2) is 0 Å². The zero-order chi connectivity index (χ0) is 13.4. The summed E-state index contributed by atoms with van der Waals surface area (Å²) in [5, 5.41) is 1.36. The van der Waals surface area contributed by atoms with E-state index in [0.717, 1.165) is 6.54 Å². The SMILES string of the molecule is CC1CCN(C(C)c2cc3ccccc3s2)CC1N. The highest BCUT2D eigenvalue weighted by atomic mass is 32.1. The van der Waals surface area contributed by atoms with Crippen LogP contribution in [-0.2, 0) is 0 Å². The van der Waals surface area contributed by atoms with E-state index in [-0.39, 0.29) is 0 Å².